The average Bonchev–Trinajstić information content (AvgIpc) is 2.33. The quantitative estimate of drug-likeness (QED) is 0.399. The van der Waals surface area contributed by atoms with E-state index in [-0.39, 0.29) is 24.0 Å². The van der Waals surface area contributed by atoms with Crippen LogP contribution in [0.25, 0.3) is 0 Å². The summed E-state index contributed by atoms with van der Waals surface area (Å²) in [5.41, 5.74) is 5.71. The van der Waals surface area contributed by atoms with Crippen molar-refractivity contribution in [1.29, 1.82) is 0 Å². The fourth-order valence-corrected chi connectivity index (χ4v) is 2.83. The van der Waals surface area contributed by atoms with Crippen molar-refractivity contribution in [3.05, 3.63) is 0 Å². The molecule has 1 heterocycles. The third kappa shape index (κ3) is 7.31. The van der Waals surface area contributed by atoms with Gasteiger partial charge < -0.3 is 11.1 Å². The summed E-state index contributed by atoms with van der Waals surface area (Å²) in [5.74, 6) is 0.923. The molecule has 1 fully saturated rings. The lowest BCUT2D eigenvalue weighted by Gasteiger charge is -2.29. The minimum atomic E-state index is -3.03. The van der Waals surface area contributed by atoms with Gasteiger partial charge in [-0.3, -0.25) is 4.99 Å². The monoisotopic (exact) mass is 404 g/mol. The van der Waals surface area contributed by atoms with Crippen LogP contribution in [0.15, 0.2) is 4.99 Å². The van der Waals surface area contributed by atoms with Crippen molar-refractivity contribution in [2.75, 3.05) is 32.4 Å². The van der Waals surface area contributed by atoms with Crippen molar-refractivity contribution in [2.24, 2.45) is 16.6 Å². The SMILES string of the molecule is CCCNC(N)=NCC1CCN(S(C)(=O)=O)CC1.I. The molecule has 0 aromatic carbocycles. The molecule has 19 heavy (non-hydrogen) atoms. The molecule has 1 rings (SSSR count). The van der Waals surface area contributed by atoms with Crippen LogP contribution in [0.4, 0.5) is 0 Å². The second kappa shape index (κ2) is 8.96. The Morgan fingerprint density at radius 1 is 1.42 bits per heavy atom. The first-order valence-corrected chi connectivity index (χ1v) is 8.27. The van der Waals surface area contributed by atoms with Crippen LogP contribution >= 0.6 is 24.0 Å². The zero-order valence-electron chi connectivity index (χ0n) is 11.6. The van der Waals surface area contributed by atoms with Crippen molar-refractivity contribution in [3.63, 3.8) is 0 Å². The van der Waals surface area contributed by atoms with Gasteiger partial charge in [-0.2, -0.15) is 0 Å². The fourth-order valence-electron chi connectivity index (χ4n) is 1.96. The van der Waals surface area contributed by atoms with Crippen molar-refractivity contribution < 1.29 is 8.42 Å². The van der Waals surface area contributed by atoms with E-state index >= 15 is 0 Å². The number of aliphatic imine (C=N–C) groups is 1. The lowest BCUT2D eigenvalue weighted by atomic mass is 9.98. The third-order valence-electron chi connectivity index (χ3n) is 3.12. The Kier molecular flexibility index (Phi) is 8.92. The van der Waals surface area contributed by atoms with Crippen molar-refractivity contribution >= 4 is 40.0 Å². The Labute approximate surface area is 133 Å². The topological polar surface area (TPSA) is 87.8 Å². The van der Waals surface area contributed by atoms with E-state index in [1.54, 1.807) is 0 Å². The Morgan fingerprint density at radius 2 is 2.00 bits per heavy atom. The van der Waals surface area contributed by atoms with Crippen molar-refractivity contribution in [2.45, 2.75) is 26.2 Å². The number of nitrogens with two attached hydrogens (primary N) is 1. The normalized spacial score (nSPS) is 18.9. The summed E-state index contributed by atoms with van der Waals surface area (Å²) >= 11 is 0. The molecule has 8 heteroatoms. The van der Waals surface area contributed by atoms with Gasteiger partial charge >= 0.3 is 0 Å². The van der Waals surface area contributed by atoms with Gasteiger partial charge in [0.05, 0.1) is 6.26 Å². The van der Waals surface area contributed by atoms with Gasteiger partial charge in [-0.1, -0.05) is 6.92 Å². The van der Waals surface area contributed by atoms with E-state index in [0.29, 0.717) is 31.5 Å². The highest BCUT2D eigenvalue weighted by molar-refractivity contribution is 14.0. The van der Waals surface area contributed by atoms with Crippen LogP contribution < -0.4 is 11.1 Å². The number of rotatable bonds is 5. The first-order chi connectivity index (χ1) is 8.43. The molecule has 1 saturated heterocycles. The van der Waals surface area contributed by atoms with Gasteiger partial charge in [0.1, 0.15) is 0 Å². The Balaban J connectivity index is 0.00000324. The molecular formula is C11H25IN4O2S. The number of hydrogen-bond acceptors (Lipinski definition) is 3. The van der Waals surface area contributed by atoms with E-state index < -0.39 is 10.0 Å². The maximum absolute atomic E-state index is 11.3. The summed E-state index contributed by atoms with van der Waals surface area (Å²) in [6, 6.07) is 0. The van der Waals surface area contributed by atoms with Crippen LogP contribution in [0.1, 0.15) is 26.2 Å². The van der Waals surface area contributed by atoms with Crippen LogP contribution in [0.3, 0.4) is 0 Å². The largest absolute Gasteiger partial charge is 0.370 e. The van der Waals surface area contributed by atoms with Crippen molar-refractivity contribution in [1.82, 2.24) is 9.62 Å². The maximum Gasteiger partial charge on any atom is 0.211 e. The number of sulfonamides is 1. The van der Waals surface area contributed by atoms with Gasteiger partial charge in [0.15, 0.2) is 5.96 Å². The summed E-state index contributed by atoms with van der Waals surface area (Å²) in [6.45, 7) is 4.78. The summed E-state index contributed by atoms with van der Waals surface area (Å²) in [5, 5.41) is 3.03. The summed E-state index contributed by atoms with van der Waals surface area (Å²) < 4.78 is 24.2. The van der Waals surface area contributed by atoms with E-state index in [1.165, 1.54) is 10.6 Å². The highest BCUT2D eigenvalue weighted by Gasteiger charge is 2.24. The predicted octanol–water partition coefficient (Wildman–Crippen LogP) is 0.590. The molecule has 0 aliphatic carbocycles. The number of halogens is 1. The van der Waals surface area contributed by atoms with Gasteiger partial charge in [0.2, 0.25) is 10.0 Å². The second-order valence-electron chi connectivity index (χ2n) is 4.76. The first-order valence-electron chi connectivity index (χ1n) is 6.42. The molecule has 0 saturated carbocycles. The Bertz CT molecular complexity index is 378. The smallest absolute Gasteiger partial charge is 0.211 e. The van der Waals surface area contributed by atoms with Crippen LogP contribution in [0.2, 0.25) is 0 Å². The molecule has 0 spiro atoms. The molecule has 0 amide bonds. The van der Waals surface area contributed by atoms with Crippen LogP contribution in [-0.4, -0.2) is 51.1 Å². The molecule has 0 aromatic heterocycles. The highest BCUT2D eigenvalue weighted by Crippen LogP contribution is 2.19. The van der Waals surface area contributed by atoms with Gasteiger partial charge in [-0.05, 0) is 25.2 Å². The molecule has 0 unspecified atom stereocenters. The van der Waals surface area contributed by atoms with E-state index in [2.05, 4.69) is 17.2 Å². The van der Waals surface area contributed by atoms with E-state index in [0.717, 1.165) is 25.8 Å². The molecule has 6 nitrogen and oxygen atoms in total. The highest BCUT2D eigenvalue weighted by atomic mass is 127. The fraction of sp³-hybridized carbons (Fsp3) is 0.909. The molecular weight excluding hydrogens is 379 g/mol. The lowest BCUT2D eigenvalue weighted by Crippen LogP contribution is -2.39. The summed E-state index contributed by atoms with van der Waals surface area (Å²) in [6.07, 6.45) is 4.00. The van der Waals surface area contributed by atoms with Crippen LogP contribution in [0, 0.1) is 5.92 Å². The van der Waals surface area contributed by atoms with Gasteiger partial charge in [0, 0.05) is 26.2 Å². The van der Waals surface area contributed by atoms with E-state index in [9.17, 15) is 8.42 Å². The first kappa shape index (κ1) is 18.9. The minimum Gasteiger partial charge on any atom is -0.370 e. The minimum absolute atomic E-state index is 0. The molecule has 0 atom stereocenters. The van der Waals surface area contributed by atoms with E-state index in [1.807, 2.05) is 0 Å². The molecule has 0 bridgehead atoms. The molecule has 3 N–H and O–H groups in total. The molecule has 1 aliphatic heterocycles. The van der Waals surface area contributed by atoms with E-state index in [4.69, 9.17) is 5.73 Å². The molecule has 0 radical (unpaired) electrons. The molecule has 0 aromatic rings. The number of nitrogens with one attached hydrogen (secondary N) is 1. The van der Waals surface area contributed by atoms with Crippen LogP contribution in [-0.2, 0) is 10.0 Å². The summed E-state index contributed by atoms with van der Waals surface area (Å²) in [4.78, 5) is 4.29. The second-order valence-corrected chi connectivity index (χ2v) is 6.74. The predicted molar refractivity (Wildman–Crippen MR) is 89.3 cm³/mol. The molecule has 1 aliphatic rings. The zero-order valence-corrected chi connectivity index (χ0v) is 14.8. The van der Waals surface area contributed by atoms with Crippen LogP contribution in [0.5, 0.6) is 0 Å². The van der Waals surface area contributed by atoms with Crippen molar-refractivity contribution in [3.8, 4) is 0 Å². The zero-order chi connectivity index (χ0) is 13.6. The number of nitrogens with zero attached hydrogens (tertiary/aromatic N) is 2. The number of piperidine rings is 1. The summed E-state index contributed by atoms with van der Waals surface area (Å²) in [7, 11) is -3.03. The lowest BCUT2D eigenvalue weighted by molar-refractivity contribution is 0.280. The number of guanidine groups is 1. The van der Waals surface area contributed by atoms with Gasteiger partial charge in [0.25, 0.3) is 0 Å². The maximum atomic E-state index is 11.3. The van der Waals surface area contributed by atoms with Gasteiger partial charge in [-0.25, -0.2) is 12.7 Å². The molecule has 114 valence electrons. The average molecular weight is 404 g/mol. The van der Waals surface area contributed by atoms with Gasteiger partial charge in [-0.15, -0.1) is 24.0 Å². The third-order valence-corrected chi connectivity index (χ3v) is 4.42. The number of hydrogen-bond donors (Lipinski definition) is 2. The Hall–Kier alpha value is -0.0900. The Morgan fingerprint density at radius 3 is 2.47 bits per heavy atom. The standard InChI is InChI=1S/C11H24N4O2S.HI/c1-3-6-13-11(12)14-9-10-4-7-15(8-5-10)18(2,16)17;/h10H,3-9H2,1-2H3,(H3,12,13,14);1H.